The first-order valence-corrected chi connectivity index (χ1v) is 6.85. The molecule has 1 unspecified atom stereocenters. The highest BCUT2D eigenvalue weighted by atomic mass is 19.3. The van der Waals surface area contributed by atoms with E-state index < -0.39 is 11.7 Å². The third-order valence-electron chi connectivity index (χ3n) is 4.08. The quantitative estimate of drug-likeness (QED) is 0.906. The van der Waals surface area contributed by atoms with Crippen molar-refractivity contribution in [1.82, 2.24) is 5.32 Å². The largest absolute Gasteiger partial charge is 0.494 e. The van der Waals surface area contributed by atoms with E-state index in [0.29, 0.717) is 12.8 Å². The fourth-order valence-corrected chi connectivity index (χ4v) is 2.95. The van der Waals surface area contributed by atoms with Crippen molar-refractivity contribution in [3.8, 4) is 5.75 Å². The summed E-state index contributed by atoms with van der Waals surface area (Å²) >= 11 is 0. The molecule has 0 bridgehead atoms. The van der Waals surface area contributed by atoms with Gasteiger partial charge in [0.1, 0.15) is 0 Å². The van der Waals surface area contributed by atoms with Crippen LogP contribution in [0, 0.1) is 11.7 Å². The van der Waals surface area contributed by atoms with Crippen molar-refractivity contribution in [2.24, 2.45) is 5.92 Å². The Hall–Kier alpha value is -1.23. The van der Waals surface area contributed by atoms with Gasteiger partial charge in [-0.2, -0.15) is 0 Å². The fraction of sp³-hybridized carbons (Fsp3) is 0.600. The summed E-state index contributed by atoms with van der Waals surface area (Å²) in [7, 11) is 3.19. The number of methoxy groups -OCH3 is 1. The van der Waals surface area contributed by atoms with Crippen LogP contribution in [0.4, 0.5) is 13.2 Å². The van der Waals surface area contributed by atoms with Gasteiger partial charge in [0.05, 0.1) is 7.11 Å². The zero-order valence-corrected chi connectivity index (χ0v) is 11.8. The molecule has 0 radical (unpaired) electrons. The molecule has 1 saturated carbocycles. The van der Waals surface area contributed by atoms with E-state index in [0.717, 1.165) is 5.56 Å². The predicted molar refractivity (Wildman–Crippen MR) is 71.7 cm³/mol. The Kier molecular flexibility index (Phi) is 4.58. The first-order chi connectivity index (χ1) is 9.46. The molecule has 1 N–H and O–H groups in total. The molecular weight excluding hydrogens is 267 g/mol. The molecule has 0 aromatic heterocycles. The lowest BCUT2D eigenvalue weighted by Gasteiger charge is -2.34. The van der Waals surface area contributed by atoms with Crippen LogP contribution >= 0.6 is 0 Å². The standard InChI is InChI=1S/C15H20F3NO/c1-19-14(10-5-7-15(17,18)8-6-10)11-3-4-13(20-2)12(16)9-11/h3-4,9-10,14,19H,5-8H2,1-2H3. The minimum absolute atomic E-state index is 0.0888. The molecule has 1 aliphatic carbocycles. The van der Waals surface area contributed by atoms with Crippen molar-refractivity contribution >= 4 is 0 Å². The van der Waals surface area contributed by atoms with Crippen molar-refractivity contribution < 1.29 is 17.9 Å². The molecule has 112 valence electrons. The van der Waals surface area contributed by atoms with Gasteiger partial charge < -0.3 is 10.1 Å². The smallest absolute Gasteiger partial charge is 0.248 e. The molecule has 1 aromatic rings. The summed E-state index contributed by atoms with van der Waals surface area (Å²) < 4.78 is 45.1. The molecular formula is C15H20F3NO. The molecule has 0 saturated heterocycles. The Labute approximate surface area is 117 Å². The molecule has 1 aromatic carbocycles. The molecule has 0 heterocycles. The minimum Gasteiger partial charge on any atom is -0.494 e. The second-order valence-electron chi connectivity index (χ2n) is 5.35. The molecule has 20 heavy (non-hydrogen) atoms. The summed E-state index contributed by atoms with van der Waals surface area (Å²) in [6.07, 6.45) is 0.723. The zero-order valence-electron chi connectivity index (χ0n) is 11.8. The number of rotatable bonds is 4. The summed E-state index contributed by atoms with van der Waals surface area (Å²) in [5.41, 5.74) is 0.779. The van der Waals surface area contributed by atoms with E-state index in [4.69, 9.17) is 4.74 Å². The van der Waals surface area contributed by atoms with Gasteiger partial charge in [-0.15, -0.1) is 0 Å². The molecule has 0 amide bonds. The van der Waals surface area contributed by atoms with Gasteiger partial charge in [-0.3, -0.25) is 0 Å². The monoisotopic (exact) mass is 287 g/mol. The molecule has 0 spiro atoms. The van der Waals surface area contributed by atoms with Gasteiger partial charge in [0, 0.05) is 18.9 Å². The Morgan fingerprint density at radius 1 is 1.30 bits per heavy atom. The number of benzene rings is 1. The van der Waals surface area contributed by atoms with Crippen molar-refractivity contribution in [3.05, 3.63) is 29.6 Å². The average Bonchev–Trinajstić information content (AvgIpc) is 2.41. The summed E-state index contributed by atoms with van der Waals surface area (Å²) in [6.45, 7) is 0. The van der Waals surface area contributed by atoms with Gasteiger partial charge in [-0.1, -0.05) is 6.07 Å². The van der Waals surface area contributed by atoms with Gasteiger partial charge >= 0.3 is 0 Å². The minimum atomic E-state index is -2.54. The molecule has 2 nitrogen and oxygen atoms in total. The van der Waals surface area contributed by atoms with Crippen LogP contribution in [0.5, 0.6) is 5.75 Å². The molecule has 1 aliphatic rings. The number of nitrogens with one attached hydrogen (secondary N) is 1. The summed E-state index contributed by atoms with van der Waals surface area (Å²) in [6, 6.07) is 4.68. The lowest BCUT2D eigenvalue weighted by Crippen LogP contribution is -2.32. The van der Waals surface area contributed by atoms with Crippen LogP contribution in [-0.4, -0.2) is 20.1 Å². The fourth-order valence-electron chi connectivity index (χ4n) is 2.95. The molecule has 2 rings (SSSR count). The number of hydrogen-bond acceptors (Lipinski definition) is 2. The van der Waals surface area contributed by atoms with Crippen LogP contribution in [0.2, 0.25) is 0 Å². The van der Waals surface area contributed by atoms with E-state index in [-0.39, 0.29) is 30.6 Å². The molecule has 1 atom stereocenters. The first-order valence-electron chi connectivity index (χ1n) is 6.85. The highest BCUT2D eigenvalue weighted by Gasteiger charge is 2.37. The Balaban J connectivity index is 2.14. The highest BCUT2D eigenvalue weighted by molar-refractivity contribution is 5.31. The van der Waals surface area contributed by atoms with E-state index in [1.807, 2.05) is 0 Å². The molecule has 1 fully saturated rings. The van der Waals surface area contributed by atoms with Crippen molar-refractivity contribution in [2.75, 3.05) is 14.2 Å². The van der Waals surface area contributed by atoms with E-state index in [1.165, 1.54) is 13.2 Å². The Bertz CT molecular complexity index is 454. The van der Waals surface area contributed by atoms with Gasteiger partial charge in [0.2, 0.25) is 5.92 Å². The maximum atomic E-state index is 13.8. The Morgan fingerprint density at radius 3 is 2.45 bits per heavy atom. The summed E-state index contributed by atoms with van der Waals surface area (Å²) in [5.74, 6) is -2.67. The van der Waals surface area contributed by atoms with Crippen molar-refractivity contribution in [2.45, 2.75) is 37.6 Å². The van der Waals surface area contributed by atoms with Crippen molar-refractivity contribution in [1.29, 1.82) is 0 Å². The van der Waals surface area contributed by atoms with E-state index >= 15 is 0 Å². The van der Waals surface area contributed by atoms with E-state index in [2.05, 4.69) is 5.32 Å². The number of alkyl halides is 2. The zero-order chi connectivity index (χ0) is 14.8. The first kappa shape index (κ1) is 15.2. The maximum Gasteiger partial charge on any atom is 0.248 e. The lowest BCUT2D eigenvalue weighted by atomic mass is 9.79. The van der Waals surface area contributed by atoms with Gasteiger partial charge in [-0.05, 0) is 43.5 Å². The normalized spacial score (nSPS) is 20.6. The van der Waals surface area contributed by atoms with Gasteiger partial charge in [0.25, 0.3) is 0 Å². The summed E-state index contributed by atoms with van der Waals surface area (Å²) in [5, 5.41) is 3.13. The van der Waals surface area contributed by atoms with Crippen LogP contribution in [0.3, 0.4) is 0 Å². The summed E-state index contributed by atoms with van der Waals surface area (Å²) in [4.78, 5) is 0. The number of ether oxygens (including phenoxy) is 1. The third kappa shape index (κ3) is 3.26. The average molecular weight is 287 g/mol. The maximum absolute atomic E-state index is 13.8. The second-order valence-corrected chi connectivity index (χ2v) is 5.35. The second kappa shape index (κ2) is 6.04. The number of halogens is 3. The van der Waals surface area contributed by atoms with Gasteiger partial charge in [-0.25, -0.2) is 13.2 Å². The van der Waals surface area contributed by atoms with Crippen LogP contribution in [-0.2, 0) is 0 Å². The lowest BCUT2D eigenvalue weighted by molar-refractivity contribution is -0.0495. The Morgan fingerprint density at radius 2 is 1.95 bits per heavy atom. The molecule has 5 heteroatoms. The van der Waals surface area contributed by atoms with E-state index in [9.17, 15) is 13.2 Å². The van der Waals surface area contributed by atoms with E-state index in [1.54, 1.807) is 19.2 Å². The highest BCUT2D eigenvalue weighted by Crippen LogP contribution is 2.41. The van der Waals surface area contributed by atoms with Gasteiger partial charge in [0.15, 0.2) is 11.6 Å². The van der Waals surface area contributed by atoms with Crippen LogP contribution in [0.25, 0.3) is 0 Å². The van der Waals surface area contributed by atoms with Crippen LogP contribution in [0.1, 0.15) is 37.3 Å². The predicted octanol–water partition coefficient (Wildman–Crippen LogP) is 3.92. The topological polar surface area (TPSA) is 21.3 Å². The number of hydrogen-bond donors (Lipinski definition) is 1. The SMILES string of the molecule is CNC(c1ccc(OC)c(F)c1)C1CCC(F)(F)CC1. The van der Waals surface area contributed by atoms with Crippen LogP contribution in [0.15, 0.2) is 18.2 Å². The van der Waals surface area contributed by atoms with Crippen molar-refractivity contribution in [3.63, 3.8) is 0 Å². The third-order valence-corrected chi connectivity index (χ3v) is 4.08. The molecule has 0 aliphatic heterocycles. The van der Waals surface area contributed by atoms with Crippen LogP contribution < -0.4 is 10.1 Å².